The smallest absolute Gasteiger partial charge is 0.205 e. The minimum absolute atomic E-state index is 0.0362. The molecule has 1 fully saturated rings. The molecule has 1 aromatic carbocycles. The summed E-state index contributed by atoms with van der Waals surface area (Å²) in [5.41, 5.74) is 1.19. The zero-order chi connectivity index (χ0) is 10.1. The monoisotopic (exact) mass is 193 g/mol. The average Bonchev–Trinajstić information content (AvgIpc) is 3.00. The van der Waals surface area contributed by atoms with Crippen LogP contribution in [0.15, 0.2) is 18.2 Å². The summed E-state index contributed by atoms with van der Waals surface area (Å²) in [6.45, 7) is 0. The average molecular weight is 193 g/mol. The van der Waals surface area contributed by atoms with Crippen molar-refractivity contribution in [1.29, 1.82) is 5.26 Å². The highest BCUT2D eigenvalue weighted by molar-refractivity contribution is 5.40. The van der Waals surface area contributed by atoms with Crippen LogP contribution in [0.3, 0.4) is 0 Å². The van der Waals surface area contributed by atoms with Crippen LogP contribution in [0.1, 0.15) is 41.9 Å². The third kappa shape index (κ3) is 1.74. The molecule has 3 heteroatoms. The molecular formula is C11H9F2N. The van der Waals surface area contributed by atoms with Gasteiger partial charge in [-0.2, -0.15) is 5.26 Å². The molecule has 1 saturated carbocycles. The number of hydrogen-bond acceptors (Lipinski definition) is 1. The summed E-state index contributed by atoms with van der Waals surface area (Å²) in [6.07, 6.45) is -0.379. The van der Waals surface area contributed by atoms with Gasteiger partial charge in [0, 0.05) is 5.56 Å². The molecule has 1 aliphatic rings. The van der Waals surface area contributed by atoms with E-state index in [1.807, 2.05) is 6.07 Å². The highest BCUT2D eigenvalue weighted by Gasteiger charge is 2.25. The number of hydrogen-bond donors (Lipinski definition) is 0. The summed E-state index contributed by atoms with van der Waals surface area (Å²) in [5, 5.41) is 8.68. The molecular weight excluding hydrogens is 184 g/mol. The van der Waals surface area contributed by atoms with Crippen LogP contribution in [0.5, 0.6) is 0 Å². The molecule has 0 saturated heterocycles. The van der Waals surface area contributed by atoms with Crippen molar-refractivity contribution in [2.75, 3.05) is 0 Å². The lowest BCUT2D eigenvalue weighted by Crippen LogP contribution is -1.90. The van der Waals surface area contributed by atoms with Crippen LogP contribution in [0.2, 0.25) is 0 Å². The zero-order valence-corrected chi connectivity index (χ0v) is 7.50. The van der Waals surface area contributed by atoms with E-state index in [0.29, 0.717) is 11.5 Å². The van der Waals surface area contributed by atoms with E-state index >= 15 is 0 Å². The van der Waals surface area contributed by atoms with E-state index in [-0.39, 0.29) is 5.56 Å². The predicted molar refractivity (Wildman–Crippen MR) is 48.1 cm³/mol. The van der Waals surface area contributed by atoms with Gasteiger partial charge >= 0.3 is 0 Å². The van der Waals surface area contributed by atoms with Crippen molar-refractivity contribution in [3.05, 3.63) is 34.9 Å². The molecule has 1 nitrogen and oxygen atoms in total. The summed E-state index contributed by atoms with van der Waals surface area (Å²) in [6, 6.07) is 6.40. The van der Waals surface area contributed by atoms with E-state index in [9.17, 15) is 8.78 Å². The lowest BCUT2D eigenvalue weighted by atomic mass is 10.0. The first kappa shape index (κ1) is 9.14. The molecule has 0 amide bonds. The van der Waals surface area contributed by atoms with Crippen LogP contribution in [-0.4, -0.2) is 0 Å². The number of alkyl halides is 2. The summed E-state index contributed by atoms with van der Waals surface area (Å²) < 4.78 is 24.9. The molecule has 0 radical (unpaired) electrons. The molecule has 0 spiro atoms. The molecule has 0 aliphatic heterocycles. The van der Waals surface area contributed by atoms with Gasteiger partial charge in [-0.05, 0) is 42.5 Å². The second-order valence-electron chi connectivity index (χ2n) is 3.58. The van der Waals surface area contributed by atoms with Gasteiger partial charge < -0.3 is 0 Å². The molecule has 0 atom stereocenters. The molecule has 1 aromatic rings. The Labute approximate surface area is 81.0 Å². The van der Waals surface area contributed by atoms with Gasteiger partial charge in [-0.25, -0.2) is 8.78 Å². The minimum Gasteiger partial charge on any atom is -0.205 e. The lowest BCUT2D eigenvalue weighted by molar-refractivity contribution is 0.151. The third-order valence-corrected chi connectivity index (χ3v) is 2.41. The second kappa shape index (κ2) is 3.38. The number of nitriles is 1. The Kier molecular flexibility index (Phi) is 2.20. The lowest BCUT2D eigenvalue weighted by Gasteiger charge is -2.04. The molecule has 14 heavy (non-hydrogen) atoms. The first-order valence-corrected chi connectivity index (χ1v) is 4.54. The molecule has 0 heterocycles. The fourth-order valence-electron chi connectivity index (χ4n) is 1.52. The van der Waals surface area contributed by atoms with Crippen LogP contribution in [0, 0.1) is 11.3 Å². The van der Waals surface area contributed by atoms with Gasteiger partial charge in [-0.15, -0.1) is 0 Å². The van der Waals surface area contributed by atoms with Gasteiger partial charge in [0.2, 0.25) is 0 Å². The van der Waals surface area contributed by atoms with Crippen molar-refractivity contribution in [1.82, 2.24) is 0 Å². The normalized spacial score (nSPS) is 15.6. The third-order valence-electron chi connectivity index (χ3n) is 2.41. The van der Waals surface area contributed by atoms with Crippen molar-refractivity contribution in [2.24, 2.45) is 0 Å². The minimum atomic E-state index is -2.49. The highest BCUT2D eigenvalue weighted by Crippen LogP contribution is 2.41. The first-order chi connectivity index (χ1) is 6.70. The van der Waals surface area contributed by atoms with Gasteiger partial charge in [0.25, 0.3) is 6.43 Å². The van der Waals surface area contributed by atoms with Gasteiger partial charge in [-0.1, -0.05) is 0 Å². The number of halogens is 2. The van der Waals surface area contributed by atoms with Crippen LogP contribution in [0.4, 0.5) is 8.78 Å². The van der Waals surface area contributed by atoms with Gasteiger partial charge in [0.1, 0.15) is 0 Å². The fourth-order valence-corrected chi connectivity index (χ4v) is 1.52. The van der Waals surface area contributed by atoms with Gasteiger partial charge in [-0.3, -0.25) is 0 Å². The van der Waals surface area contributed by atoms with Gasteiger partial charge in [0.15, 0.2) is 0 Å². The maximum atomic E-state index is 12.4. The number of nitrogens with zero attached hydrogens (tertiary/aromatic N) is 1. The summed E-state index contributed by atoms with van der Waals surface area (Å²) in [5.74, 6) is 0.404. The van der Waals surface area contributed by atoms with Crippen molar-refractivity contribution in [3.8, 4) is 6.07 Å². The summed E-state index contributed by atoms with van der Waals surface area (Å²) in [4.78, 5) is 0. The molecule has 72 valence electrons. The van der Waals surface area contributed by atoms with Gasteiger partial charge in [0.05, 0.1) is 11.6 Å². The number of benzene rings is 1. The van der Waals surface area contributed by atoms with E-state index in [2.05, 4.69) is 0 Å². The summed E-state index contributed by atoms with van der Waals surface area (Å²) in [7, 11) is 0. The fraction of sp³-hybridized carbons (Fsp3) is 0.364. The highest BCUT2D eigenvalue weighted by atomic mass is 19.3. The SMILES string of the molecule is N#Cc1cc(C(F)F)cc(C2CC2)c1. The Hall–Kier alpha value is -1.43. The van der Waals surface area contributed by atoms with E-state index in [1.54, 1.807) is 6.07 Å². The molecule has 0 bridgehead atoms. The van der Waals surface area contributed by atoms with E-state index in [4.69, 9.17) is 5.26 Å². The van der Waals surface area contributed by atoms with E-state index < -0.39 is 6.43 Å². The second-order valence-corrected chi connectivity index (χ2v) is 3.58. The van der Waals surface area contributed by atoms with Crippen molar-refractivity contribution >= 4 is 0 Å². The van der Waals surface area contributed by atoms with Crippen LogP contribution < -0.4 is 0 Å². The standard InChI is InChI=1S/C11H9F2N/c12-11(13)10-4-7(6-14)3-9(5-10)8-1-2-8/h3-5,8,11H,1-2H2. The van der Waals surface area contributed by atoms with Crippen LogP contribution >= 0.6 is 0 Å². The zero-order valence-electron chi connectivity index (χ0n) is 7.50. The Bertz CT molecular complexity index is 369. The topological polar surface area (TPSA) is 23.8 Å². The molecule has 0 unspecified atom stereocenters. The predicted octanol–water partition coefficient (Wildman–Crippen LogP) is 3.37. The Morgan fingerprint density at radius 2 is 2.00 bits per heavy atom. The summed E-state index contributed by atoms with van der Waals surface area (Å²) >= 11 is 0. The Morgan fingerprint density at radius 3 is 2.50 bits per heavy atom. The van der Waals surface area contributed by atoms with Crippen molar-refractivity contribution in [3.63, 3.8) is 0 Å². The maximum Gasteiger partial charge on any atom is 0.263 e. The molecule has 2 rings (SSSR count). The quantitative estimate of drug-likeness (QED) is 0.706. The Balaban J connectivity index is 2.42. The molecule has 0 aromatic heterocycles. The first-order valence-electron chi connectivity index (χ1n) is 4.54. The van der Waals surface area contributed by atoms with E-state index in [1.165, 1.54) is 12.1 Å². The number of rotatable bonds is 2. The maximum absolute atomic E-state index is 12.4. The van der Waals surface area contributed by atoms with Crippen molar-refractivity contribution < 1.29 is 8.78 Å². The molecule has 1 aliphatic carbocycles. The largest absolute Gasteiger partial charge is 0.263 e. The van der Waals surface area contributed by atoms with Crippen molar-refractivity contribution in [2.45, 2.75) is 25.2 Å². The van der Waals surface area contributed by atoms with Crippen LogP contribution in [0.25, 0.3) is 0 Å². The van der Waals surface area contributed by atoms with Crippen LogP contribution in [-0.2, 0) is 0 Å². The van der Waals surface area contributed by atoms with E-state index in [0.717, 1.165) is 18.4 Å². The Morgan fingerprint density at radius 1 is 1.29 bits per heavy atom. The molecule has 0 N–H and O–H groups in total.